The van der Waals surface area contributed by atoms with Crippen LogP contribution in [0.25, 0.3) is 0 Å². The van der Waals surface area contributed by atoms with Crippen molar-refractivity contribution in [2.24, 2.45) is 11.8 Å². The number of aromatic nitrogens is 2. The molecule has 0 fully saturated rings. The fraction of sp³-hybridized carbons (Fsp3) is 0.364. The minimum absolute atomic E-state index is 0.249. The zero-order valence-electron chi connectivity index (χ0n) is 9.39. The fourth-order valence-electron chi connectivity index (χ4n) is 1.95. The lowest BCUT2D eigenvalue weighted by atomic mass is 9.82. The second kappa shape index (κ2) is 5.22. The zero-order chi connectivity index (χ0) is 13.1. The number of anilines is 1. The van der Waals surface area contributed by atoms with Crippen LogP contribution in [0, 0.1) is 11.8 Å². The van der Waals surface area contributed by atoms with Crippen molar-refractivity contribution in [1.82, 2.24) is 10.2 Å². The van der Waals surface area contributed by atoms with Crippen LogP contribution in [0.4, 0.5) is 5.82 Å². The topological polar surface area (TPSA) is 95.1 Å². The summed E-state index contributed by atoms with van der Waals surface area (Å²) in [5.74, 6) is -2.31. The molecule has 0 radical (unpaired) electrons. The molecular weight excluding hydrogens is 258 g/mol. The van der Waals surface area contributed by atoms with E-state index >= 15 is 0 Å². The van der Waals surface area contributed by atoms with E-state index in [1.54, 1.807) is 12.1 Å². The van der Waals surface area contributed by atoms with Gasteiger partial charge in [0.05, 0.1) is 18.0 Å². The number of rotatable bonds is 3. The van der Waals surface area contributed by atoms with E-state index in [-0.39, 0.29) is 18.7 Å². The number of H-pyrrole nitrogens is 1. The van der Waals surface area contributed by atoms with E-state index in [0.717, 1.165) is 0 Å². The Hall–Kier alpha value is -1.82. The first-order chi connectivity index (χ1) is 8.58. The van der Waals surface area contributed by atoms with Gasteiger partial charge < -0.3 is 10.4 Å². The minimum atomic E-state index is -0.986. The number of carbonyl (C=O) groups is 2. The average Bonchev–Trinajstić information content (AvgIpc) is 2.81. The van der Waals surface area contributed by atoms with Gasteiger partial charge in [-0.1, -0.05) is 17.7 Å². The number of allylic oxidation sites excluding steroid dienone is 2. The van der Waals surface area contributed by atoms with Gasteiger partial charge >= 0.3 is 5.97 Å². The number of hydrogen-bond donors (Lipinski definition) is 3. The quantitative estimate of drug-likeness (QED) is 0.776. The Morgan fingerprint density at radius 2 is 2.28 bits per heavy atom. The molecule has 1 amide bonds. The van der Waals surface area contributed by atoms with Crippen molar-refractivity contribution in [2.45, 2.75) is 12.8 Å². The summed E-state index contributed by atoms with van der Waals surface area (Å²) in [6.07, 6.45) is 3.67. The van der Waals surface area contributed by atoms with Gasteiger partial charge in [0.1, 0.15) is 5.82 Å². The summed E-state index contributed by atoms with van der Waals surface area (Å²) in [5, 5.41) is 18.5. The molecule has 0 spiro atoms. The Balaban J connectivity index is 2.11. The number of carboxylic acid groups (broad SMARTS) is 1. The molecule has 7 heteroatoms. The van der Waals surface area contributed by atoms with Crippen LogP contribution in [0.15, 0.2) is 23.4 Å². The number of amides is 1. The van der Waals surface area contributed by atoms with E-state index in [9.17, 15) is 9.59 Å². The van der Waals surface area contributed by atoms with Crippen LogP contribution in [0.3, 0.4) is 0 Å². The van der Waals surface area contributed by atoms with Crippen LogP contribution in [-0.4, -0.2) is 27.2 Å². The minimum Gasteiger partial charge on any atom is -0.481 e. The van der Waals surface area contributed by atoms with Crippen molar-refractivity contribution in [3.05, 3.63) is 23.4 Å². The predicted octanol–water partition coefficient (Wildman–Crippen LogP) is 1.58. The van der Waals surface area contributed by atoms with Crippen molar-refractivity contribution < 1.29 is 14.7 Å². The molecular formula is C11H12ClN3O3. The maximum Gasteiger partial charge on any atom is 0.307 e. The largest absolute Gasteiger partial charge is 0.481 e. The highest BCUT2D eigenvalue weighted by Gasteiger charge is 2.36. The van der Waals surface area contributed by atoms with Crippen LogP contribution < -0.4 is 5.32 Å². The van der Waals surface area contributed by atoms with Gasteiger partial charge in [-0.3, -0.25) is 14.7 Å². The molecule has 1 aliphatic rings. The summed E-state index contributed by atoms with van der Waals surface area (Å²) >= 11 is 5.88. The number of halogens is 1. The van der Waals surface area contributed by atoms with Crippen LogP contribution in [0.5, 0.6) is 0 Å². The standard InChI is InChI=1S/C11H12ClN3O3/c12-6-1-2-7(11(17)18)8(5-6)10(16)14-9-3-4-13-15-9/h1,3-4,7-8H,2,5H2,(H,17,18)(H2,13,14,15,16)/t7-,8-/m0/s1. The molecule has 2 rings (SSSR count). The normalized spacial score (nSPS) is 23.3. The van der Waals surface area contributed by atoms with Crippen molar-refractivity contribution >= 4 is 29.3 Å². The van der Waals surface area contributed by atoms with E-state index in [1.165, 1.54) is 6.20 Å². The molecule has 96 valence electrons. The highest BCUT2D eigenvalue weighted by molar-refractivity contribution is 6.29. The first-order valence-electron chi connectivity index (χ1n) is 5.45. The van der Waals surface area contributed by atoms with Crippen LogP contribution in [0.2, 0.25) is 0 Å². The second-order valence-corrected chi connectivity index (χ2v) is 4.59. The summed E-state index contributed by atoms with van der Waals surface area (Å²) in [5.41, 5.74) is 0. The van der Waals surface area contributed by atoms with Gasteiger partial charge in [0.2, 0.25) is 5.91 Å². The van der Waals surface area contributed by atoms with Gasteiger partial charge in [-0.2, -0.15) is 5.10 Å². The van der Waals surface area contributed by atoms with E-state index in [0.29, 0.717) is 10.9 Å². The summed E-state index contributed by atoms with van der Waals surface area (Å²) in [6.45, 7) is 0. The number of aromatic amines is 1. The van der Waals surface area contributed by atoms with Crippen molar-refractivity contribution in [2.75, 3.05) is 5.32 Å². The van der Waals surface area contributed by atoms with E-state index in [4.69, 9.17) is 16.7 Å². The molecule has 1 aromatic heterocycles. The highest BCUT2D eigenvalue weighted by Crippen LogP contribution is 2.32. The summed E-state index contributed by atoms with van der Waals surface area (Å²) < 4.78 is 0. The molecule has 0 unspecified atom stereocenters. The third kappa shape index (κ3) is 2.70. The predicted molar refractivity (Wildman–Crippen MR) is 65.0 cm³/mol. The fourth-order valence-corrected chi connectivity index (χ4v) is 2.21. The summed E-state index contributed by atoms with van der Waals surface area (Å²) in [4.78, 5) is 23.1. The van der Waals surface area contributed by atoms with Gasteiger partial charge in [-0.25, -0.2) is 0 Å². The smallest absolute Gasteiger partial charge is 0.307 e. The van der Waals surface area contributed by atoms with Crippen molar-refractivity contribution in [3.8, 4) is 0 Å². The van der Waals surface area contributed by atoms with E-state index < -0.39 is 17.8 Å². The Morgan fingerprint density at radius 3 is 2.89 bits per heavy atom. The summed E-state index contributed by atoms with van der Waals surface area (Å²) in [7, 11) is 0. The van der Waals surface area contributed by atoms with E-state index in [1.807, 2.05) is 0 Å². The molecule has 0 saturated heterocycles. The van der Waals surface area contributed by atoms with Gasteiger partial charge in [-0.15, -0.1) is 0 Å². The lowest BCUT2D eigenvalue weighted by molar-refractivity contribution is -0.146. The third-order valence-corrected chi connectivity index (χ3v) is 3.22. The molecule has 18 heavy (non-hydrogen) atoms. The Bertz CT molecular complexity index is 484. The van der Waals surface area contributed by atoms with Crippen molar-refractivity contribution in [1.29, 1.82) is 0 Å². The molecule has 0 saturated carbocycles. The maximum atomic E-state index is 12.0. The van der Waals surface area contributed by atoms with E-state index in [2.05, 4.69) is 15.5 Å². The summed E-state index contributed by atoms with van der Waals surface area (Å²) in [6, 6.07) is 1.59. The lowest BCUT2D eigenvalue weighted by Crippen LogP contribution is -2.35. The van der Waals surface area contributed by atoms with Gasteiger partial charge in [0, 0.05) is 11.1 Å². The Kier molecular flexibility index (Phi) is 3.66. The molecule has 1 aliphatic carbocycles. The van der Waals surface area contributed by atoms with Crippen LogP contribution in [-0.2, 0) is 9.59 Å². The van der Waals surface area contributed by atoms with Gasteiger partial charge in [0.25, 0.3) is 0 Å². The molecule has 3 N–H and O–H groups in total. The number of carbonyl (C=O) groups excluding carboxylic acids is 1. The Morgan fingerprint density at radius 1 is 1.50 bits per heavy atom. The number of carboxylic acids is 1. The third-order valence-electron chi connectivity index (χ3n) is 2.91. The molecule has 0 bridgehead atoms. The average molecular weight is 270 g/mol. The molecule has 6 nitrogen and oxygen atoms in total. The molecule has 1 aromatic rings. The molecule has 1 heterocycles. The molecule has 2 atom stereocenters. The first-order valence-corrected chi connectivity index (χ1v) is 5.83. The Labute approximate surface area is 108 Å². The van der Waals surface area contributed by atoms with Gasteiger partial charge in [0.15, 0.2) is 0 Å². The molecule has 0 aromatic carbocycles. The van der Waals surface area contributed by atoms with Crippen LogP contribution in [0.1, 0.15) is 12.8 Å². The zero-order valence-corrected chi connectivity index (χ0v) is 10.1. The maximum absolute atomic E-state index is 12.0. The van der Waals surface area contributed by atoms with Gasteiger partial charge in [-0.05, 0) is 12.8 Å². The van der Waals surface area contributed by atoms with Crippen LogP contribution >= 0.6 is 11.6 Å². The number of nitrogens with one attached hydrogen (secondary N) is 2. The first kappa shape index (κ1) is 12.6. The SMILES string of the molecule is O=C(O)[C@H]1CC=C(Cl)C[C@@H]1C(=O)Nc1ccn[nH]1. The monoisotopic (exact) mass is 269 g/mol. The molecule has 0 aliphatic heterocycles. The number of nitrogens with zero attached hydrogens (tertiary/aromatic N) is 1. The second-order valence-electron chi connectivity index (χ2n) is 4.10. The lowest BCUT2D eigenvalue weighted by Gasteiger charge is -2.25. The number of hydrogen-bond acceptors (Lipinski definition) is 3. The van der Waals surface area contributed by atoms with Crippen molar-refractivity contribution in [3.63, 3.8) is 0 Å². The number of aliphatic carboxylic acids is 1. The highest BCUT2D eigenvalue weighted by atomic mass is 35.5.